The van der Waals surface area contributed by atoms with Gasteiger partial charge in [0.25, 0.3) is 15.7 Å². The van der Waals surface area contributed by atoms with Crippen LogP contribution < -0.4 is 4.72 Å². The standard InChI is InChI=1S/C17H18N4O4S/c1-17(2,3)16-18-14-9-4-11(10-15(14)19-16)20-26(24,25)13-7-5-12(6-8-13)21(22)23/h4-10,20H,1-3H3,(H,18,19). The first-order valence-corrected chi connectivity index (χ1v) is 9.32. The van der Waals surface area contributed by atoms with Gasteiger partial charge in [-0.2, -0.15) is 0 Å². The number of aromatic nitrogens is 2. The van der Waals surface area contributed by atoms with Crippen LogP contribution in [0.4, 0.5) is 11.4 Å². The molecule has 26 heavy (non-hydrogen) atoms. The zero-order valence-electron chi connectivity index (χ0n) is 14.5. The molecule has 3 rings (SSSR count). The van der Waals surface area contributed by atoms with E-state index in [0.717, 1.165) is 29.0 Å². The average molecular weight is 374 g/mol. The molecule has 0 bridgehead atoms. The van der Waals surface area contributed by atoms with E-state index in [4.69, 9.17) is 0 Å². The third kappa shape index (κ3) is 3.52. The molecule has 0 saturated heterocycles. The van der Waals surface area contributed by atoms with Gasteiger partial charge >= 0.3 is 0 Å². The fourth-order valence-electron chi connectivity index (χ4n) is 2.39. The number of rotatable bonds is 4. The van der Waals surface area contributed by atoms with Crippen LogP contribution in [-0.4, -0.2) is 23.3 Å². The highest BCUT2D eigenvalue weighted by atomic mass is 32.2. The number of nitrogens with one attached hydrogen (secondary N) is 2. The van der Waals surface area contributed by atoms with Crippen LogP contribution in [0, 0.1) is 10.1 Å². The van der Waals surface area contributed by atoms with E-state index < -0.39 is 14.9 Å². The maximum atomic E-state index is 12.5. The minimum absolute atomic E-state index is 0.0526. The van der Waals surface area contributed by atoms with Gasteiger partial charge in [-0.3, -0.25) is 14.8 Å². The van der Waals surface area contributed by atoms with Crippen molar-refractivity contribution < 1.29 is 13.3 Å². The SMILES string of the molecule is CC(C)(C)c1nc2ccc(NS(=O)(=O)c3ccc([N+](=O)[O-])cc3)cc2[nH]1. The molecule has 0 aliphatic carbocycles. The minimum atomic E-state index is -3.85. The summed E-state index contributed by atoms with van der Waals surface area (Å²) in [7, 11) is -3.85. The molecule has 0 aliphatic rings. The topological polar surface area (TPSA) is 118 Å². The number of non-ortho nitro benzene ring substituents is 1. The molecule has 8 nitrogen and oxygen atoms in total. The molecule has 2 aromatic carbocycles. The Morgan fingerprint density at radius 3 is 2.35 bits per heavy atom. The van der Waals surface area contributed by atoms with Gasteiger partial charge in [0.1, 0.15) is 5.82 Å². The monoisotopic (exact) mass is 374 g/mol. The van der Waals surface area contributed by atoms with Crippen LogP contribution in [-0.2, 0) is 15.4 Å². The zero-order valence-corrected chi connectivity index (χ0v) is 15.3. The summed E-state index contributed by atoms with van der Waals surface area (Å²) in [5, 5.41) is 10.7. The van der Waals surface area contributed by atoms with E-state index in [1.807, 2.05) is 20.8 Å². The number of H-pyrrole nitrogens is 1. The number of benzene rings is 2. The summed E-state index contributed by atoms with van der Waals surface area (Å²) < 4.78 is 27.4. The molecule has 136 valence electrons. The van der Waals surface area contributed by atoms with Gasteiger partial charge in [0.15, 0.2) is 0 Å². The van der Waals surface area contributed by atoms with E-state index >= 15 is 0 Å². The van der Waals surface area contributed by atoms with Gasteiger partial charge < -0.3 is 4.98 Å². The molecule has 0 spiro atoms. The number of anilines is 1. The Bertz CT molecular complexity index is 1080. The molecule has 3 aromatic rings. The minimum Gasteiger partial charge on any atom is -0.341 e. The summed E-state index contributed by atoms with van der Waals surface area (Å²) in [6, 6.07) is 9.73. The Morgan fingerprint density at radius 1 is 1.12 bits per heavy atom. The van der Waals surface area contributed by atoms with Crippen LogP contribution in [0.25, 0.3) is 11.0 Å². The zero-order chi connectivity index (χ0) is 19.1. The fraction of sp³-hybridized carbons (Fsp3) is 0.235. The number of nitrogens with zero attached hydrogens (tertiary/aromatic N) is 2. The van der Waals surface area contributed by atoms with Crippen LogP contribution >= 0.6 is 0 Å². The Morgan fingerprint density at radius 2 is 1.77 bits per heavy atom. The average Bonchev–Trinajstić information content (AvgIpc) is 2.98. The number of imidazole rings is 1. The van der Waals surface area contributed by atoms with E-state index in [0.29, 0.717) is 5.69 Å². The highest BCUT2D eigenvalue weighted by molar-refractivity contribution is 7.92. The van der Waals surface area contributed by atoms with Crippen LogP contribution in [0.1, 0.15) is 26.6 Å². The van der Waals surface area contributed by atoms with Crippen molar-refractivity contribution in [3.8, 4) is 0 Å². The Kier molecular flexibility index (Phi) is 4.19. The molecule has 0 saturated carbocycles. The molecule has 0 radical (unpaired) electrons. The number of hydrogen-bond acceptors (Lipinski definition) is 5. The van der Waals surface area contributed by atoms with Crippen LogP contribution in [0.2, 0.25) is 0 Å². The van der Waals surface area contributed by atoms with Crippen molar-refractivity contribution in [3.63, 3.8) is 0 Å². The van der Waals surface area contributed by atoms with Gasteiger partial charge in [-0.15, -0.1) is 0 Å². The molecule has 2 N–H and O–H groups in total. The maximum Gasteiger partial charge on any atom is 0.269 e. The van der Waals surface area contributed by atoms with Gasteiger partial charge in [0, 0.05) is 17.5 Å². The van der Waals surface area contributed by atoms with Gasteiger partial charge in [0.2, 0.25) is 0 Å². The van der Waals surface area contributed by atoms with E-state index in [1.54, 1.807) is 18.2 Å². The van der Waals surface area contributed by atoms with Gasteiger partial charge in [-0.1, -0.05) is 20.8 Å². The van der Waals surface area contributed by atoms with Crippen molar-refractivity contribution in [2.45, 2.75) is 31.1 Å². The molecule has 0 fully saturated rings. The van der Waals surface area contributed by atoms with Crippen molar-refractivity contribution in [2.24, 2.45) is 0 Å². The fourth-order valence-corrected chi connectivity index (χ4v) is 3.44. The van der Waals surface area contributed by atoms with E-state index in [9.17, 15) is 18.5 Å². The number of fused-ring (bicyclic) bond motifs is 1. The van der Waals surface area contributed by atoms with E-state index in [1.165, 1.54) is 12.1 Å². The lowest BCUT2D eigenvalue weighted by atomic mass is 9.96. The maximum absolute atomic E-state index is 12.5. The third-order valence-corrected chi connectivity index (χ3v) is 5.20. The third-order valence-electron chi connectivity index (χ3n) is 3.80. The second kappa shape index (κ2) is 6.10. The number of sulfonamides is 1. The first-order chi connectivity index (χ1) is 12.1. The van der Waals surface area contributed by atoms with E-state index in [-0.39, 0.29) is 16.0 Å². The van der Waals surface area contributed by atoms with Crippen LogP contribution in [0.5, 0.6) is 0 Å². The van der Waals surface area contributed by atoms with Gasteiger partial charge in [-0.25, -0.2) is 13.4 Å². The molecule has 1 heterocycles. The quantitative estimate of drug-likeness (QED) is 0.534. The van der Waals surface area contributed by atoms with Crippen LogP contribution in [0.15, 0.2) is 47.4 Å². The van der Waals surface area contributed by atoms with Crippen molar-refractivity contribution in [3.05, 3.63) is 58.4 Å². The van der Waals surface area contributed by atoms with Crippen LogP contribution in [0.3, 0.4) is 0 Å². The summed E-state index contributed by atoms with van der Waals surface area (Å²) in [5.41, 5.74) is 1.52. The Hall–Kier alpha value is -2.94. The summed E-state index contributed by atoms with van der Waals surface area (Å²) >= 11 is 0. The first-order valence-electron chi connectivity index (χ1n) is 7.84. The molecule has 9 heteroatoms. The number of aromatic amines is 1. The van der Waals surface area contributed by atoms with Crippen molar-refractivity contribution in [1.82, 2.24) is 9.97 Å². The van der Waals surface area contributed by atoms with Crippen molar-refractivity contribution >= 4 is 32.4 Å². The predicted molar refractivity (Wildman–Crippen MR) is 98.7 cm³/mol. The van der Waals surface area contributed by atoms with Crippen molar-refractivity contribution in [1.29, 1.82) is 0 Å². The predicted octanol–water partition coefficient (Wildman–Crippen LogP) is 3.57. The molecular formula is C17H18N4O4S. The smallest absolute Gasteiger partial charge is 0.269 e. The molecule has 0 aliphatic heterocycles. The number of hydrogen-bond donors (Lipinski definition) is 2. The normalized spacial score (nSPS) is 12.3. The molecule has 0 amide bonds. The molecule has 0 atom stereocenters. The molecular weight excluding hydrogens is 356 g/mol. The Labute approximate surface area is 150 Å². The summed E-state index contributed by atoms with van der Waals surface area (Å²) in [5.74, 6) is 0.808. The number of nitro benzene ring substituents is 1. The lowest BCUT2D eigenvalue weighted by Gasteiger charge is -2.13. The van der Waals surface area contributed by atoms with Gasteiger partial charge in [0.05, 0.1) is 26.5 Å². The van der Waals surface area contributed by atoms with E-state index in [2.05, 4.69) is 14.7 Å². The Balaban J connectivity index is 1.90. The lowest BCUT2D eigenvalue weighted by molar-refractivity contribution is -0.384. The largest absolute Gasteiger partial charge is 0.341 e. The second-order valence-electron chi connectivity index (χ2n) is 6.92. The summed E-state index contributed by atoms with van der Waals surface area (Å²) in [6.45, 7) is 6.09. The summed E-state index contributed by atoms with van der Waals surface area (Å²) in [4.78, 5) is 17.8. The highest BCUT2D eigenvalue weighted by Gasteiger charge is 2.19. The molecule has 0 unspecified atom stereocenters. The molecule has 1 aromatic heterocycles. The van der Waals surface area contributed by atoms with Crippen molar-refractivity contribution in [2.75, 3.05) is 4.72 Å². The summed E-state index contributed by atoms with van der Waals surface area (Å²) in [6.07, 6.45) is 0. The number of nitro groups is 1. The van der Waals surface area contributed by atoms with Gasteiger partial charge in [-0.05, 0) is 30.3 Å². The lowest BCUT2D eigenvalue weighted by Crippen LogP contribution is -2.13. The first kappa shape index (κ1) is 17.9. The highest BCUT2D eigenvalue weighted by Crippen LogP contribution is 2.25. The second-order valence-corrected chi connectivity index (χ2v) is 8.61.